The Kier molecular flexibility index (Phi) is 5.17. The van der Waals surface area contributed by atoms with Crippen LogP contribution in [0.5, 0.6) is 0 Å². The van der Waals surface area contributed by atoms with Gasteiger partial charge in [0.15, 0.2) is 0 Å². The Labute approximate surface area is 114 Å². The van der Waals surface area contributed by atoms with Crippen molar-refractivity contribution in [3.8, 4) is 6.07 Å². The number of carbonyl (C=O) groups is 1. The van der Waals surface area contributed by atoms with E-state index in [1.54, 1.807) is 26.0 Å². The van der Waals surface area contributed by atoms with Gasteiger partial charge in [-0.15, -0.1) is 0 Å². The van der Waals surface area contributed by atoms with E-state index in [-0.39, 0.29) is 12.3 Å². The van der Waals surface area contributed by atoms with Crippen molar-refractivity contribution in [2.24, 2.45) is 5.10 Å². The molecule has 8 heteroatoms. The number of carbonyl (C=O) groups excluding carboxylic acids is 1. The number of hydrogen-bond acceptors (Lipinski definition) is 7. The van der Waals surface area contributed by atoms with Gasteiger partial charge in [0, 0.05) is 11.6 Å². The van der Waals surface area contributed by atoms with Crippen LogP contribution in [0, 0.1) is 28.4 Å². The van der Waals surface area contributed by atoms with Crippen molar-refractivity contribution in [1.29, 1.82) is 5.26 Å². The molecule has 0 aromatic heterocycles. The third-order valence-electron chi connectivity index (χ3n) is 2.28. The van der Waals surface area contributed by atoms with Crippen LogP contribution in [0.3, 0.4) is 0 Å². The topological polar surface area (TPSA) is 118 Å². The zero-order chi connectivity index (χ0) is 15.1. The third-order valence-corrected chi connectivity index (χ3v) is 2.28. The van der Waals surface area contributed by atoms with Gasteiger partial charge in [-0.3, -0.25) is 15.5 Å². The van der Waals surface area contributed by atoms with Crippen LogP contribution in [-0.4, -0.2) is 23.2 Å². The van der Waals surface area contributed by atoms with Gasteiger partial charge in [-0.2, -0.15) is 10.4 Å². The van der Waals surface area contributed by atoms with E-state index in [0.29, 0.717) is 11.3 Å². The van der Waals surface area contributed by atoms with Gasteiger partial charge in [0.25, 0.3) is 5.69 Å². The summed E-state index contributed by atoms with van der Waals surface area (Å²) in [4.78, 5) is 21.6. The number of hydrazone groups is 1. The van der Waals surface area contributed by atoms with Crippen LogP contribution in [-0.2, 0) is 9.53 Å². The predicted molar refractivity (Wildman–Crippen MR) is 71.1 cm³/mol. The number of benzene rings is 1. The van der Waals surface area contributed by atoms with Crippen molar-refractivity contribution in [3.63, 3.8) is 0 Å². The molecule has 1 aromatic carbocycles. The summed E-state index contributed by atoms with van der Waals surface area (Å²) in [6.45, 7) is 3.32. The molecule has 0 bridgehead atoms. The van der Waals surface area contributed by atoms with Crippen molar-refractivity contribution in [1.82, 2.24) is 0 Å². The number of ether oxygens (including phenoxy) is 1. The van der Waals surface area contributed by atoms with Crippen LogP contribution >= 0.6 is 0 Å². The SMILES string of the molecule is CCOC(=O)C(C#N)=NNc1ccc(C)c([N+](=O)[O-])c1. The van der Waals surface area contributed by atoms with Gasteiger partial charge >= 0.3 is 5.97 Å². The molecule has 0 aliphatic heterocycles. The Balaban J connectivity index is 2.94. The van der Waals surface area contributed by atoms with Crippen molar-refractivity contribution in [2.75, 3.05) is 12.0 Å². The van der Waals surface area contributed by atoms with Gasteiger partial charge in [0.2, 0.25) is 5.71 Å². The molecule has 0 atom stereocenters. The van der Waals surface area contributed by atoms with Crippen LogP contribution < -0.4 is 5.43 Å². The van der Waals surface area contributed by atoms with Gasteiger partial charge in [-0.05, 0) is 19.9 Å². The van der Waals surface area contributed by atoms with Gasteiger partial charge in [-0.1, -0.05) is 6.07 Å². The molecular formula is C12H12N4O4. The van der Waals surface area contributed by atoms with E-state index in [2.05, 4.69) is 15.3 Å². The summed E-state index contributed by atoms with van der Waals surface area (Å²) in [5.74, 6) is -0.857. The lowest BCUT2D eigenvalue weighted by Crippen LogP contribution is -2.17. The fourth-order valence-electron chi connectivity index (χ4n) is 1.31. The number of nitrogens with one attached hydrogen (secondary N) is 1. The zero-order valence-corrected chi connectivity index (χ0v) is 10.9. The van der Waals surface area contributed by atoms with Gasteiger partial charge in [0.05, 0.1) is 17.2 Å². The minimum Gasteiger partial charge on any atom is -0.461 e. The van der Waals surface area contributed by atoms with Crippen molar-refractivity contribution in [2.45, 2.75) is 13.8 Å². The van der Waals surface area contributed by atoms with E-state index in [4.69, 9.17) is 5.26 Å². The highest BCUT2D eigenvalue weighted by atomic mass is 16.6. The molecule has 1 N–H and O–H groups in total. The monoisotopic (exact) mass is 276 g/mol. The number of hydrogen-bond donors (Lipinski definition) is 1. The summed E-state index contributed by atoms with van der Waals surface area (Å²) in [6.07, 6.45) is 0. The number of nitriles is 1. The zero-order valence-electron chi connectivity index (χ0n) is 10.9. The van der Waals surface area contributed by atoms with E-state index < -0.39 is 16.6 Å². The fourth-order valence-corrected chi connectivity index (χ4v) is 1.31. The molecule has 0 spiro atoms. The summed E-state index contributed by atoms with van der Waals surface area (Å²) in [5, 5.41) is 23.1. The Morgan fingerprint density at radius 3 is 2.85 bits per heavy atom. The molecular weight excluding hydrogens is 264 g/mol. The number of anilines is 1. The smallest absolute Gasteiger partial charge is 0.369 e. The van der Waals surface area contributed by atoms with Gasteiger partial charge in [0.1, 0.15) is 6.07 Å². The fraction of sp³-hybridized carbons (Fsp3) is 0.250. The van der Waals surface area contributed by atoms with Crippen LogP contribution in [0.25, 0.3) is 0 Å². The summed E-state index contributed by atoms with van der Waals surface area (Å²) in [7, 11) is 0. The Morgan fingerprint density at radius 2 is 2.30 bits per heavy atom. The van der Waals surface area contributed by atoms with Gasteiger partial charge in [-0.25, -0.2) is 4.79 Å². The Bertz CT molecular complexity index is 604. The highest BCUT2D eigenvalue weighted by Gasteiger charge is 2.13. The first-order valence-electron chi connectivity index (χ1n) is 5.65. The lowest BCUT2D eigenvalue weighted by molar-refractivity contribution is -0.385. The number of esters is 1. The number of rotatable bonds is 5. The Morgan fingerprint density at radius 1 is 1.60 bits per heavy atom. The van der Waals surface area contributed by atoms with Crippen molar-refractivity contribution < 1.29 is 14.5 Å². The second-order valence-corrected chi connectivity index (χ2v) is 3.66. The molecule has 0 fully saturated rings. The van der Waals surface area contributed by atoms with Crippen molar-refractivity contribution in [3.05, 3.63) is 33.9 Å². The first kappa shape index (κ1) is 15.1. The quantitative estimate of drug-likeness (QED) is 0.379. The van der Waals surface area contributed by atoms with E-state index in [1.165, 1.54) is 12.1 Å². The molecule has 20 heavy (non-hydrogen) atoms. The molecule has 0 amide bonds. The minimum atomic E-state index is -0.857. The van der Waals surface area contributed by atoms with E-state index in [1.807, 2.05) is 0 Å². The molecule has 0 heterocycles. The highest BCUT2D eigenvalue weighted by Crippen LogP contribution is 2.22. The van der Waals surface area contributed by atoms with Gasteiger partial charge < -0.3 is 4.74 Å². The lowest BCUT2D eigenvalue weighted by atomic mass is 10.2. The molecule has 0 saturated carbocycles. The molecule has 0 aliphatic rings. The largest absolute Gasteiger partial charge is 0.461 e. The van der Waals surface area contributed by atoms with Crippen LogP contribution in [0.15, 0.2) is 23.3 Å². The molecule has 0 unspecified atom stereocenters. The number of nitrogens with zero attached hydrogens (tertiary/aromatic N) is 3. The number of nitro groups is 1. The molecule has 0 radical (unpaired) electrons. The first-order valence-corrected chi connectivity index (χ1v) is 5.65. The Hall–Kier alpha value is -2.95. The van der Waals surface area contributed by atoms with E-state index >= 15 is 0 Å². The molecule has 104 valence electrons. The average Bonchev–Trinajstić information content (AvgIpc) is 2.41. The molecule has 1 rings (SSSR count). The normalized spacial score (nSPS) is 10.6. The minimum absolute atomic E-state index is 0.0835. The summed E-state index contributed by atoms with van der Waals surface area (Å²) in [5.41, 5.74) is 2.66. The van der Waals surface area contributed by atoms with Crippen LogP contribution in [0.4, 0.5) is 11.4 Å². The molecule has 8 nitrogen and oxygen atoms in total. The summed E-state index contributed by atoms with van der Waals surface area (Å²) in [6, 6.07) is 5.93. The maximum absolute atomic E-state index is 11.3. The average molecular weight is 276 g/mol. The summed E-state index contributed by atoms with van der Waals surface area (Å²) >= 11 is 0. The number of aryl methyl sites for hydroxylation is 1. The number of nitro benzene ring substituents is 1. The maximum atomic E-state index is 11.3. The third kappa shape index (κ3) is 3.78. The van der Waals surface area contributed by atoms with E-state index in [9.17, 15) is 14.9 Å². The standard InChI is InChI=1S/C12H12N4O4/c1-3-20-12(17)10(7-13)15-14-9-5-4-8(2)11(6-9)16(18)19/h4-6,14H,3H2,1-2H3. The first-order chi connectivity index (χ1) is 9.49. The summed E-state index contributed by atoms with van der Waals surface area (Å²) < 4.78 is 4.62. The molecule has 1 aromatic rings. The molecule has 0 saturated heterocycles. The second-order valence-electron chi connectivity index (χ2n) is 3.66. The predicted octanol–water partition coefficient (Wildman–Crippen LogP) is 1.76. The van der Waals surface area contributed by atoms with Crippen LogP contribution in [0.2, 0.25) is 0 Å². The van der Waals surface area contributed by atoms with E-state index in [0.717, 1.165) is 0 Å². The second kappa shape index (κ2) is 6.84. The highest BCUT2D eigenvalue weighted by molar-refractivity contribution is 6.43. The van der Waals surface area contributed by atoms with Crippen molar-refractivity contribution >= 4 is 23.1 Å². The lowest BCUT2D eigenvalue weighted by Gasteiger charge is -2.03. The molecule has 0 aliphatic carbocycles. The van der Waals surface area contributed by atoms with Crippen LogP contribution in [0.1, 0.15) is 12.5 Å². The maximum Gasteiger partial charge on any atom is 0.369 e.